The van der Waals surface area contributed by atoms with Gasteiger partial charge >= 0.3 is 0 Å². The average Bonchev–Trinajstić information content (AvgIpc) is 2.38. The van der Waals surface area contributed by atoms with Crippen LogP contribution < -0.4 is 9.80 Å². The molecule has 7 heteroatoms. The SMILES string of the molecule is COCC1CCCN(c2nc(Cl)nc(N(C)C)n2)C1. The zero-order chi connectivity index (χ0) is 13.8. The van der Waals surface area contributed by atoms with E-state index < -0.39 is 0 Å². The minimum absolute atomic E-state index is 0.238. The molecule has 0 aliphatic carbocycles. The Morgan fingerprint density at radius 3 is 2.84 bits per heavy atom. The number of piperidine rings is 1. The van der Waals surface area contributed by atoms with Crippen LogP contribution in [0.4, 0.5) is 11.9 Å². The van der Waals surface area contributed by atoms with E-state index in [0.717, 1.165) is 26.1 Å². The van der Waals surface area contributed by atoms with Crippen LogP contribution in [0.25, 0.3) is 0 Å². The van der Waals surface area contributed by atoms with Crippen LogP contribution in [-0.2, 0) is 4.74 Å². The number of hydrogen-bond acceptors (Lipinski definition) is 6. The largest absolute Gasteiger partial charge is 0.384 e. The first kappa shape index (κ1) is 14.3. The third kappa shape index (κ3) is 3.67. The number of nitrogens with zero attached hydrogens (tertiary/aromatic N) is 5. The molecule has 1 fully saturated rings. The van der Waals surface area contributed by atoms with Gasteiger partial charge in [-0.2, -0.15) is 15.0 Å². The minimum atomic E-state index is 0.238. The Morgan fingerprint density at radius 1 is 1.37 bits per heavy atom. The summed E-state index contributed by atoms with van der Waals surface area (Å²) in [5.74, 6) is 1.77. The fourth-order valence-corrected chi connectivity index (χ4v) is 2.44. The first-order valence-electron chi connectivity index (χ1n) is 6.43. The van der Waals surface area contributed by atoms with Gasteiger partial charge in [0.05, 0.1) is 6.61 Å². The van der Waals surface area contributed by atoms with Gasteiger partial charge in [-0.05, 0) is 30.4 Å². The van der Waals surface area contributed by atoms with Gasteiger partial charge in [0.1, 0.15) is 0 Å². The monoisotopic (exact) mass is 285 g/mol. The molecule has 2 rings (SSSR count). The van der Waals surface area contributed by atoms with Crippen molar-refractivity contribution < 1.29 is 4.74 Å². The number of anilines is 2. The molecule has 1 aromatic heterocycles. The molecule has 0 N–H and O–H groups in total. The molecular formula is C12H20ClN5O. The van der Waals surface area contributed by atoms with Crippen molar-refractivity contribution in [3.05, 3.63) is 5.28 Å². The maximum absolute atomic E-state index is 5.97. The molecule has 0 bridgehead atoms. The highest BCUT2D eigenvalue weighted by atomic mass is 35.5. The molecule has 0 spiro atoms. The Bertz CT molecular complexity index is 427. The van der Waals surface area contributed by atoms with E-state index in [4.69, 9.17) is 16.3 Å². The fraction of sp³-hybridized carbons (Fsp3) is 0.750. The zero-order valence-corrected chi connectivity index (χ0v) is 12.4. The summed E-state index contributed by atoms with van der Waals surface area (Å²) in [4.78, 5) is 16.8. The molecule has 0 aromatic carbocycles. The summed E-state index contributed by atoms with van der Waals surface area (Å²) in [6.45, 7) is 2.63. The van der Waals surface area contributed by atoms with Gasteiger partial charge in [-0.25, -0.2) is 0 Å². The van der Waals surface area contributed by atoms with Gasteiger partial charge in [0.15, 0.2) is 0 Å². The molecule has 1 saturated heterocycles. The Kier molecular flexibility index (Phi) is 4.76. The van der Waals surface area contributed by atoms with Crippen LogP contribution >= 0.6 is 11.6 Å². The van der Waals surface area contributed by atoms with Crippen molar-refractivity contribution in [2.24, 2.45) is 5.92 Å². The van der Waals surface area contributed by atoms with Gasteiger partial charge in [0.25, 0.3) is 0 Å². The molecule has 1 atom stereocenters. The van der Waals surface area contributed by atoms with E-state index in [9.17, 15) is 0 Å². The summed E-state index contributed by atoms with van der Waals surface area (Å²) in [5, 5.41) is 0.238. The Hall–Kier alpha value is -1.14. The van der Waals surface area contributed by atoms with Crippen LogP contribution in [0.15, 0.2) is 0 Å². The maximum Gasteiger partial charge on any atom is 0.231 e. The first-order chi connectivity index (χ1) is 9.10. The van der Waals surface area contributed by atoms with Crippen molar-refractivity contribution >= 4 is 23.5 Å². The van der Waals surface area contributed by atoms with Crippen LogP contribution in [-0.4, -0.2) is 55.9 Å². The van der Waals surface area contributed by atoms with Crippen molar-refractivity contribution in [3.8, 4) is 0 Å². The van der Waals surface area contributed by atoms with Crippen molar-refractivity contribution in [1.29, 1.82) is 0 Å². The summed E-state index contributed by atoms with van der Waals surface area (Å²) in [7, 11) is 5.52. The fourth-order valence-electron chi connectivity index (χ4n) is 2.29. The summed E-state index contributed by atoms with van der Waals surface area (Å²) in [5.41, 5.74) is 0. The molecular weight excluding hydrogens is 266 g/mol. The second-order valence-corrected chi connectivity index (χ2v) is 5.35. The number of ether oxygens (including phenoxy) is 1. The lowest BCUT2D eigenvalue weighted by atomic mass is 9.99. The van der Waals surface area contributed by atoms with Gasteiger partial charge in [-0.15, -0.1) is 0 Å². The van der Waals surface area contributed by atoms with E-state index in [-0.39, 0.29) is 5.28 Å². The van der Waals surface area contributed by atoms with Crippen molar-refractivity contribution in [2.75, 3.05) is 50.7 Å². The highest BCUT2D eigenvalue weighted by Gasteiger charge is 2.22. The van der Waals surface area contributed by atoms with E-state index in [1.165, 1.54) is 6.42 Å². The standard InChI is InChI=1S/C12H20ClN5O/c1-17(2)11-14-10(13)15-12(16-11)18-6-4-5-9(7-18)8-19-3/h9H,4-8H2,1-3H3. The minimum Gasteiger partial charge on any atom is -0.384 e. The molecule has 1 aliphatic heterocycles. The molecule has 106 valence electrons. The van der Waals surface area contributed by atoms with Crippen LogP contribution in [0.1, 0.15) is 12.8 Å². The van der Waals surface area contributed by atoms with Crippen molar-refractivity contribution in [3.63, 3.8) is 0 Å². The summed E-state index contributed by atoms with van der Waals surface area (Å²) >= 11 is 5.97. The van der Waals surface area contributed by atoms with Gasteiger partial charge < -0.3 is 14.5 Å². The van der Waals surface area contributed by atoms with Crippen LogP contribution in [0.2, 0.25) is 5.28 Å². The van der Waals surface area contributed by atoms with E-state index >= 15 is 0 Å². The summed E-state index contributed by atoms with van der Waals surface area (Å²) < 4.78 is 5.24. The normalized spacial score (nSPS) is 19.6. The van der Waals surface area contributed by atoms with Gasteiger partial charge in [0, 0.05) is 34.3 Å². The molecule has 0 saturated carbocycles. The van der Waals surface area contributed by atoms with E-state index in [0.29, 0.717) is 17.8 Å². The maximum atomic E-state index is 5.97. The molecule has 0 radical (unpaired) electrons. The smallest absolute Gasteiger partial charge is 0.231 e. The average molecular weight is 286 g/mol. The number of aromatic nitrogens is 3. The number of hydrogen-bond donors (Lipinski definition) is 0. The Labute approximate surface area is 118 Å². The lowest BCUT2D eigenvalue weighted by Crippen LogP contribution is -2.38. The Balaban J connectivity index is 2.16. The van der Waals surface area contributed by atoms with E-state index in [1.54, 1.807) is 7.11 Å². The second kappa shape index (κ2) is 6.34. The topological polar surface area (TPSA) is 54.4 Å². The van der Waals surface area contributed by atoms with Gasteiger partial charge in [-0.1, -0.05) is 0 Å². The second-order valence-electron chi connectivity index (χ2n) is 5.01. The van der Waals surface area contributed by atoms with Crippen LogP contribution in [0, 0.1) is 5.92 Å². The molecule has 1 aromatic rings. The summed E-state index contributed by atoms with van der Waals surface area (Å²) in [6.07, 6.45) is 2.30. The van der Waals surface area contributed by atoms with Crippen LogP contribution in [0.3, 0.4) is 0 Å². The lowest BCUT2D eigenvalue weighted by molar-refractivity contribution is 0.143. The molecule has 6 nitrogen and oxygen atoms in total. The highest BCUT2D eigenvalue weighted by molar-refractivity contribution is 6.28. The molecule has 2 heterocycles. The lowest BCUT2D eigenvalue weighted by Gasteiger charge is -2.32. The third-order valence-corrected chi connectivity index (χ3v) is 3.36. The number of halogens is 1. The van der Waals surface area contributed by atoms with Gasteiger partial charge in [0.2, 0.25) is 17.2 Å². The van der Waals surface area contributed by atoms with Crippen molar-refractivity contribution in [1.82, 2.24) is 15.0 Å². The molecule has 1 unspecified atom stereocenters. The molecule has 1 aliphatic rings. The van der Waals surface area contributed by atoms with E-state index in [2.05, 4.69) is 19.9 Å². The quantitative estimate of drug-likeness (QED) is 0.835. The number of methoxy groups -OCH3 is 1. The highest BCUT2D eigenvalue weighted by Crippen LogP contribution is 2.22. The predicted octanol–water partition coefficient (Wildman–Crippen LogP) is 1.45. The van der Waals surface area contributed by atoms with E-state index in [1.807, 2.05) is 19.0 Å². The zero-order valence-electron chi connectivity index (χ0n) is 11.6. The van der Waals surface area contributed by atoms with Crippen molar-refractivity contribution in [2.45, 2.75) is 12.8 Å². The first-order valence-corrected chi connectivity index (χ1v) is 6.80. The predicted molar refractivity (Wildman–Crippen MR) is 76.0 cm³/mol. The number of rotatable bonds is 4. The Morgan fingerprint density at radius 2 is 2.16 bits per heavy atom. The van der Waals surface area contributed by atoms with Crippen LogP contribution in [0.5, 0.6) is 0 Å². The van der Waals surface area contributed by atoms with Gasteiger partial charge in [-0.3, -0.25) is 0 Å². The summed E-state index contributed by atoms with van der Waals surface area (Å²) in [6, 6.07) is 0. The third-order valence-electron chi connectivity index (χ3n) is 3.19. The molecule has 0 amide bonds. The molecule has 19 heavy (non-hydrogen) atoms.